The van der Waals surface area contributed by atoms with Gasteiger partial charge in [-0.3, -0.25) is 24.1 Å². The van der Waals surface area contributed by atoms with Gasteiger partial charge in [0.1, 0.15) is 0 Å². The van der Waals surface area contributed by atoms with Crippen molar-refractivity contribution in [3.63, 3.8) is 0 Å². The number of esters is 1. The molecule has 0 bridgehead atoms. The Bertz CT molecular complexity index is 804. The third-order valence-corrected chi connectivity index (χ3v) is 5.44. The van der Waals surface area contributed by atoms with E-state index in [2.05, 4.69) is 0 Å². The molecular weight excluding hydrogens is 348 g/mol. The zero-order valence-corrected chi connectivity index (χ0v) is 15.9. The van der Waals surface area contributed by atoms with Gasteiger partial charge in [-0.25, -0.2) is 0 Å². The van der Waals surface area contributed by atoms with E-state index >= 15 is 0 Å². The van der Waals surface area contributed by atoms with Crippen molar-refractivity contribution >= 4 is 23.7 Å². The number of ether oxygens (including phenoxy) is 1. The van der Waals surface area contributed by atoms with Crippen LogP contribution in [0.4, 0.5) is 0 Å². The van der Waals surface area contributed by atoms with Gasteiger partial charge in [0.2, 0.25) is 0 Å². The van der Waals surface area contributed by atoms with Crippen molar-refractivity contribution in [1.29, 1.82) is 0 Å². The predicted molar refractivity (Wildman–Crippen MR) is 97.3 cm³/mol. The summed E-state index contributed by atoms with van der Waals surface area (Å²) in [5.41, 5.74) is 0.960. The first kappa shape index (κ1) is 19.1. The highest BCUT2D eigenvalue weighted by Crippen LogP contribution is 2.28. The molecule has 144 valence electrons. The summed E-state index contributed by atoms with van der Waals surface area (Å²) >= 11 is 0. The van der Waals surface area contributed by atoms with Crippen LogP contribution in [0.2, 0.25) is 0 Å². The second-order valence-electron chi connectivity index (χ2n) is 7.11. The normalized spacial score (nSPS) is 20.5. The van der Waals surface area contributed by atoms with Crippen molar-refractivity contribution in [2.24, 2.45) is 5.92 Å². The molecule has 2 atom stereocenters. The summed E-state index contributed by atoms with van der Waals surface area (Å²) in [5.74, 6) is -1.55. The Labute approximate surface area is 158 Å². The average Bonchev–Trinajstić information content (AvgIpc) is 2.96. The number of piperidine rings is 1. The molecule has 3 rings (SSSR count). The molecule has 0 aliphatic carbocycles. The highest BCUT2D eigenvalue weighted by Gasteiger charge is 2.38. The fourth-order valence-corrected chi connectivity index (χ4v) is 3.68. The van der Waals surface area contributed by atoms with Gasteiger partial charge >= 0.3 is 5.97 Å². The molecule has 2 unspecified atom stereocenters. The van der Waals surface area contributed by atoms with E-state index in [9.17, 15) is 19.2 Å². The fraction of sp³-hybridized carbons (Fsp3) is 0.500. The molecule has 27 heavy (non-hydrogen) atoms. The number of benzene rings is 1. The molecule has 0 spiro atoms. The van der Waals surface area contributed by atoms with E-state index in [1.165, 1.54) is 18.1 Å². The van der Waals surface area contributed by atoms with Crippen LogP contribution in [0.15, 0.2) is 18.2 Å². The molecule has 0 saturated carbocycles. The summed E-state index contributed by atoms with van der Waals surface area (Å²) in [7, 11) is 1.34. The summed E-state index contributed by atoms with van der Waals surface area (Å²) in [6.07, 6.45) is 2.08. The Kier molecular flexibility index (Phi) is 5.30. The zero-order valence-electron chi connectivity index (χ0n) is 15.9. The number of carbonyl (C=O) groups excluding carboxylic acids is 4. The van der Waals surface area contributed by atoms with Gasteiger partial charge in [0, 0.05) is 24.7 Å². The van der Waals surface area contributed by atoms with E-state index < -0.39 is 0 Å². The molecule has 1 aromatic carbocycles. The topological polar surface area (TPSA) is 84.0 Å². The van der Waals surface area contributed by atoms with Crippen LogP contribution in [0.5, 0.6) is 0 Å². The van der Waals surface area contributed by atoms with Gasteiger partial charge in [-0.15, -0.1) is 0 Å². The van der Waals surface area contributed by atoms with Crippen molar-refractivity contribution in [1.82, 2.24) is 9.80 Å². The van der Waals surface area contributed by atoms with Crippen LogP contribution in [0.3, 0.4) is 0 Å². The second-order valence-corrected chi connectivity index (χ2v) is 7.11. The minimum atomic E-state index is -0.356. The SMILES string of the molecule is CCC(C)N1C(=O)c2ccc(C(=O)N3CCCC(C(=O)OC)C3)cc2C1=O. The summed E-state index contributed by atoms with van der Waals surface area (Å²) in [5, 5.41) is 0. The number of likely N-dealkylation sites (tertiary alicyclic amines) is 1. The monoisotopic (exact) mass is 372 g/mol. The first-order valence-corrected chi connectivity index (χ1v) is 9.28. The molecule has 2 aliphatic heterocycles. The van der Waals surface area contributed by atoms with Gasteiger partial charge in [0.05, 0.1) is 24.2 Å². The second kappa shape index (κ2) is 7.50. The number of fused-ring (bicyclic) bond motifs is 1. The first-order chi connectivity index (χ1) is 12.9. The van der Waals surface area contributed by atoms with Gasteiger partial charge in [-0.2, -0.15) is 0 Å². The standard InChI is InChI=1S/C20H24N2O5/c1-4-12(2)22-18(24)15-8-7-13(10-16(15)19(22)25)17(23)21-9-5-6-14(11-21)20(26)27-3/h7-8,10,12,14H,4-6,9,11H2,1-3H3. The molecule has 7 heteroatoms. The minimum absolute atomic E-state index is 0.195. The largest absolute Gasteiger partial charge is 0.469 e. The van der Waals surface area contributed by atoms with Crippen molar-refractivity contribution < 1.29 is 23.9 Å². The summed E-state index contributed by atoms with van der Waals surface area (Å²) < 4.78 is 4.79. The smallest absolute Gasteiger partial charge is 0.310 e. The molecule has 1 saturated heterocycles. The molecule has 0 aromatic heterocycles. The van der Waals surface area contributed by atoms with E-state index in [4.69, 9.17) is 4.74 Å². The lowest BCUT2D eigenvalue weighted by Gasteiger charge is -2.31. The maximum Gasteiger partial charge on any atom is 0.310 e. The van der Waals surface area contributed by atoms with Crippen LogP contribution in [-0.2, 0) is 9.53 Å². The van der Waals surface area contributed by atoms with Crippen molar-refractivity contribution in [2.75, 3.05) is 20.2 Å². The molecule has 0 radical (unpaired) electrons. The van der Waals surface area contributed by atoms with Crippen LogP contribution >= 0.6 is 0 Å². The number of carbonyl (C=O) groups is 4. The van der Waals surface area contributed by atoms with Crippen molar-refractivity contribution in [3.8, 4) is 0 Å². The zero-order chi connectivity index (χ0) is 19.7. The van der Waals surface area contributed by atoms with E-state index in [0.717, 1.165) is 6.42 Å². The number of methoxy groups -OCH3 is 1. The quantitative estimate of drug-likeness (QED) is 0.597. The van der Waals surface area contributed by atoms with Gasteiger partial charge < -0.3 is 9.64 Å². The van der Waals surface area contributed by atoms with Gasteiger partial charge in [-0.05, 0) is 44.4 Å². The van der Waals surface area contributed by atoms with E-state index in [1.54, 1.807) is 17.0 Å². The Morgan fingerprint density at radius 1 is 1.22 bits per heavy atom. The molecule has 0 N–H and O–H groups in total. The highest BCUT2D eigenvalue weighted by molar-refractivity contribution is 6.22. The number of rotatable bonds is 4. The Hall–Kier alpha value is -2.70. The van der Waals surface area contributed by atoms with E-state index in [1.807, 2.05) is 13.8 Å². The number of imide groups is 1. The van der Waals surface area contributed by atoms with Gasteiger partial charge in [0.25, 0.3) is 17.7 Å². The van der Waals surface area contributed by atoms with Crippen LogP contribution in [-0.4, -0.2) is 59.7 Å². The summed E-state index contributed by atoms with van der Waals surface area (Å²) in [4.78, 5) is 52.7. The Morgan fingerprint density at radius 2 is 1.93 bits per heavy atom. The lowest BCUT2D eigenvalue weighted by Crippen LogP contribution is -2.42. The van der Waals surface area contributed by atoms with Crippen molar-refractivity contribution in [3.05, 3.63) is 34.9 Å². The molecule has 7 nitrogen and oxygen atoms in total. The van der Waals surface area contributed by atoms with Crippen LogP contribution < -0.4 is 0 Å². The minimum Gasteiger partial charge on any atom is -0.469 e. The highest BCUT2D eigenvalue weighted by atomic mass is 16.5. The van der Waals surface area contributed by atoms with E-state index in [-0.39, 0.29) is 41.2 Å². The fourth-order valence-electron chi connectivity index (χ4n) is 3.68. The Balaban J connectivity index is 1.83. The Morgan fingerprint density at radius 3 is 2.59 bits per heavy atom. The number of hydrogen-bond donors (Lipinski definition) is 0. The van der Waals surface area contributed by atoms with Crippen LogP contribution in [0.1, 0.15) is 64.2 Å². The third kappa shape index (κ3) is 3.34. The molecule has 1 fully saturated rings. The predicted octanol–water partition coefficient (Wildman–Crippen LogP) is 2.11. The molecule has 2 heterocycles. The molecule has 1 aromatic rings. The maximum atomic E-state index is 12.9. The number of hydrogen-bond acceptors (Lipinski definition) is 5. The van der Waals surface area contributed by atoms with Gasteiger partial charge in [0.15, 0.2) is 0 Å². The van der Waals surface area contributed by atoms with Crippen LogP contribution in [0, 0.1) is 5.92 Å². The third-order valence-electron chi connectivity index (χ3n) is 5.44. The summed E-state index contributed by atoms with van der Waals surface area (Å²) in [6, 6.07) is 4.43. The average molecular weight is 372 g/mol. The van der Waals surface area contributed by atoms with Crippen molar-refractivity contribution in [2.45, 2.75) is 39.2 Å². The van der Waals surface area contributed by atoms with Gasteiger partial charge in [-0.1, -0.05) is 6.92 Å². The molecule has 3 amide bonds. The maximum absolute atomic E-state index is 12.9. The van der Waals surface area contributed by atoms with E-state index in [0.29, 0.717) is 37.1 Å². The number of nitrogens with zero attached hydrogens (tertiary/aromatic N) is 2. The lowest BCUT2D eigenvalue weighted by molar-refractivity contribution is -0.146. The first-order valence-electron chi connectivity index (χ1n) is 9.28. The van der Waals surface area contributed by atoms with Crippen LogP contribution in [0.25, 0.3) is 0 Å². The number of amides is 3. The lowest BCUT2D eigenvalue weighted by atomic mass is 9.97. The molecule has 2 aliphatic rings. The molecular formula is C20H24N2O5. The summed E-state index contributed by atoms with van der Waals surface area (Å²) in [6.45, 7) is 4.59.